The molecule has 2 rings (SSSR count). The van der Waals surface area contributed by atoms with Crippen molar-refractivity contribution in [2.75, 3.05) is 0 Å². The van der Waals surface area contributed by atoms with E-state index in [2.05, 4.69) is 10.2 Å². The van der Waals surface area contributed by atoms with E-state index in [9.17, 15) is 5.11 Å². The largest absolute Gasteiger partial charge is 0.386 e. The predicted molar refractivity (Wildman–Crippen MR) is 65.9 cm³/mol. The zero-order valence-corrected chi connectivity index (χ0v) is 10.5. The highest BCUT2D eigenvalue weighted by Gasteiger charge is 2.13. The molecule has 0 fully saturated rings. The summed E-state index contributed by atoms with van der Waals surface area (Å²) < 4.78 is 0. The first-order valence-corrected chi connectivity index (χ1v) is 5.73. The number of aryl methyl sites for hydroxylation is 2. The molecule has 17 heavy (non-hydrogen) atoms. The van der Waals surface area contributed by atoms with Crippen molar-refractivity contribution in [3.05, 3.63) is 46.2 Å². The van der Waals surface area contributed by atoms with Gasteiger partial charge in [0.1, 0.15) is 11.8 Å². The number of nitrogens with zero attached hydrogens (tertiary/aromatic N) is 3. The van der Waals surface area contributed by atoms with Crippen molar-refractivity contribution in [1.29, 1.82) is 0 Å². The van der Waals surface area contributed by atoms with Gasteiger partial charge < -0.3 is 5.11 Å². The predicted octanol–water partition coefficient (Wildman–Crippen LogP) is 2.05. The van der Waals surface area contributed by atoms with Crippen LogP contribution in [-0.2, 0) is 13.5 Å². The Balaban J connectivity index is 2.15. The van der Waals surface area contributed by atoms with E-state index in [0.29, 0.717) is 17.1 Å². The van der Waals surface area contributed by atoms with Gasteiger partial charge in [-0.1, -0.05) is 23.7 Å². The zero-order chi connectivity index (χ0) is 12.4. The molecule has 0 spiro atoms. The highest BCUT2D eigenvalue weighted by atomic mass is 35.5. The van der Waals surface area contributed by atoms with E-state index in [4.69, 9.17) is 11.6 Å². The molecular formula is C12H14ClN3O. The molecule has 0 aliphatic heterocycles. The molecule has 1 unspecified atom stereocenters. The molecule has 0 amide bonds. The third-order valence-corrected chi connectivity index (χ3v) is 2.93. The number of hydrogen-bond donors (Lipinski definition) is 1. The maximum atomic E-state index is 10.0. The van der Waals surface area contributed by atoms with Crippen molar-refractivity contribution in [2.24, 2.45) is 7.05 Å². The van der Waals surface area contributed by atoms with Gasteiger partial charge in [0.05, 0.1) is 6.20 Å². The van der Waals surface area contributed by atoms with Gasteiger partial charge in [0, 0.05) is 18.5 Å². The SMILES string of the molecule is Cc1ccc(CC(O)c2cnn(C)n2)c(Cl)c1. The van der Waals surface area contributed by atoms with Crippen LogP contribution in [-0.4, -0.2) is 20.1 Å². The van der Waals surface area contributed by atoms with Gasteiger partial charge in [-0.25, -0.2) is 0 Å². The van der Waals surface area contributed by atoms with Crippen molar-refractivity contribution < 1.29 is 5.11 Å². The van der Waals surface area contributed by atoms with E-state index in [1.165, 1.54) is 4.80 Å². The smallest absolute Gasteiger partial charge is 0.112 e. The first-order chi connectivity index (χ1) is 8.06. The quantitative estimate of drug-likeness (QED) is 0.908. The maximum absolute atomic E-state index is 10.0. The van der Waals surface area contributed by atoms with Crippen molar-refractivity contribution in [3.8, 4) is 0 Å². The van der Waals surface area contributed by atoms with Crippen molar-refractivity contribution in [2.45, 2.75) is 19.4 Å². The van der Waals surface area contributed by atoms with Crippen LogP contribution in [0.25, 0.3) is 0 Å². The van der Waals surface area contributed by atoms with Crippen molar-refractivity contribution in [3.63, 3.8) is 0 Å². The minimum Gasteiger partial charge on any atom is -0.386 e. The van der Waals surface area contributed by atoms with Crippen LogP contribution in [0.3, 0.4) is 0 Å². The first-order valence-electron chi connectivity index (χ1n) is 5.35. The van der Waals surface area contributed by atoms with E-state index in [1.54, 1.807) is 13.2 Å². The monoisotopic (exact) mass is 251 g/mol. The molecule has 1 aromatic carbocycles. The number of aromatic nitrogens is 3. The molecule has 1 heterocycles. The lowest BCUT2D eigenvalue weighted by Gasteiger charge is -2.09. The molecule has 0 bridgehead atoms. The average Bonchev–Trinajstić information content (AvgIpc) is 2.69. The van der Waals surface area contributed by atoms with Gasteiger partial charge >= 0.3 is 0 Å². The summed E-state index contributed by atoms with van der Waals surface area (Å²) in [5.41, 5.74) is 2.58. The minimum atomic E-state index is -0.677. The average molecular weight is 252 g/mol. The van der Waals surface area contributed by atoms with Gasteiger partial charge in [0.2, 0.25) is 0 Å². The summed E-state index contributed by atoms with van der Waals surface area (Å²) in [5.74, 6) is 0. The van der Waals surface area contributed by atoms with Crippen LogP contribution < -0.4 is 0 Å². The summed E-state index contributed by atoms with van der Waals surface area (Å²) in [4.78, 5) is 1.43. The van der Waals surface area contributed by atoms with Crippen LogP contribution in [0.2, 0.25) is 5.02 Å². The molecule has 1 aromatic heterocycles. The zero-order valence-electron chi connectivity index (χ0n) is 9.76. The summed E-state index contributed by atoms with van der Waals surface area (Å²) in [5, 5.41) is 18.7. The summed E-state index contributed by atoms with van der Waals surface area (Å²) >= 11 is 6.11. The lowest BCUT2D eigenvalue weighted by atomic mass is 10.0. The number of benzene rings is 1. The van der Waals surface area contributed by atoms with Gasteiger partial charge in [0.15, 0.2) is 0 Å². The molecule has 1 atom stereocenters. The van der Waals surface area contributed by atoms with Crippen LogP contribution in [0.15, 0.2) is 24.4 Å². The molecule has 0 radical (unpaired) electrons. The maximum Gasteiger partial charge on any atom is 0.112 e. The van der Waals surface area contributed by atoms with E-state index in [1.807, 2.05) is 25.1 Å². The highest BCUT2D eigenvalue weighted by molar-refractivity contribution is 6.31. The Hall–Kier alpha value is -1.39. The molecule has 90 valence electrons. The molecule has 0 saturated carbocycles. The first kappa shape index (κ1) is 12.1. The van der Waals surface area contributed by atoms with Crippen molar-refractivity contribution >= 4 is 11.6 Å². The molecule has 1 N–H and O–H groups in total. The topological polar surface area (TPSA) is 50.9 Å². The second-order valence-corrected chi connectivity index (χ2v) is 4.48. The number of halogens is 1. The second-order valence-electron chi connectivity index (χ2n) is 4.07. The van der Waals surface area contributed by atoms with Gasteiger partial charge in [-0.15, -0.1) is 0 Å². The lowest BCUT2D eigenvalue weighted by molar-refractivity contribution is 0.173. The van der Waals surface area contributed by atoms with Crippen molar-refractivity contribution in [1.82, 2.24) is 15.0 Å². The second kappa shape index (κ2) is 4.85. The fourth-order valence-electron chi connectivity index (χ4n) is 1.64. The Morgan fingerprint density at radius 2 is 2.24 bits per heavy atom. The minimum absolute atomic E-state index is 0.442. The van der Waals surface area contributed by atoms with Crippen LogP contribution in [0, 0.1) is 6.92 Å². The number of hydrogen-bond acceptors (Lipinski definition) is 3. The Labute approximate surface area is 105 Å². The molecular weight excluding hydrogens is 238 g/mol. The fraction of sp³-hybridized carbons (Fsp3) is 0.333. The van der Waals surface area contributed by atoms with E-state index >= 15 is 0 Å². The molecule has 4 nitrogen and oxygen atoms in total. The van der Waals surface area contributed by atoms with E-state index < -0.39 is 6.10 Å². The Bertz CT molecular complexity index is 524. The summed E-state index contributed by atoms with van der Waals surface area (Å²) in [6, 6.07) is 5.79. The molecule has 5 heteroatoms. The summed E-state index contributed by atoms with van der Waals surface area (Å²) in [6.07, 6.45) is 1.33. The molecule has 0 saturated heterocycles. The highest BCUT2D eigenvalue weighted by Crippen LogP contribution is 2.23. The van der Waals surface area contributed by atoms with Crippen LogP contribution >= 0.6 is 11.6 Å². The van der Waals surface area contributed by atoms with Crippen LogP contribution in [0.5, 0.6) is 0 Å². The summed E-state index contributed by atoms with van der Waals surface area (Å²) in [6.45, 7) is 1.98. The lowest BCUT2D eigenvalue weighted by Crippen LogP contribution is -2.04. The Kier molecular flexibility index (Phi) is 3.45. The van der Waals surface area contributed by atoms with E-state index in [-0.39, 0.29) is 0 Å². The molecule has 2 aromatic rings. The molecule has 0 aliphatic rings. The third kappa shape index (κ3) is 2.84. The Morgan fingerprint density at radius 1 is 1.47 bits per heavy atom. The Morgan fingerprint density at radius 3 is 2.82 bits per heavy atom. The van der Waals surface area contributed by atoms with Gasteiger partial charge in [0.25, 0.3) is 0 Å². The molecule has 0 aliphatic carbocycles. The van der Waals surface area contributed by atoms with Crippen LogP contribution in [0.1, 0.15) is 22.9 Å². The number of rotatable bonds is 3. The standard InChI is InChI=1S/C12H14ClN3O/c1-8-3-4-9(10(13)5-8)6-12(17)11-7-14-16(2)15-11/h3-5,7,12,17H,6H2,1-2H3. The van der Waals surface area contributed by atoms with Gasteiger partial charge in [-0.3, -0.25) is 0 Å². The normalized spacial score (nSPS) is 12.7. The summed E-state index contributed by atoms with van der Waals surface area (Å²) in [7, 11) is 1.72. The van der Waals surface area contributed by atoms with E-state index in [0.717, 1.165) is 11.1 Å². The number of aliphatic hydroxyl groups excluding tert-OH is 1. The number of aliphatic hydroxyl groups is 1. The van der Waals surface area contributed by atoms with Gasteiger partial charge in [-0.05, 0) is 24.1 Å². The van der Waals surface area contributed by atoms with Gasteiger partial charge in [-0.2, -0.15) is 15.0 Å². The van der Waals surface area contributed by atoms with Crippen LogP contribution in [0.4, 0.5) is 0 Å². The fourth-order valence-corrected chi connectivity index (χ4v) is 1.96. The third-order valence-electron chi connectivity index (χ3n) is 2.58.